The third-order valence-corrected chi connectivity index (χ3v) is 9.86. The molecule has 0 radical (unpaired) electrons. The summed E-state index contributed by atoms with van der Waals surface area (Å²) in [6.07, 6.45) is 0.951. The lowest BCUT2D eigenvalue weighted by Gasteiger charge is -2.29. The molecule has 2 atom stereocenters. The van der Waals surface area contributed by atoms with Gasteiger partial charge in [-0.25, -0.2) is 4.68 Å². The van der Waals surface area contributed by atoms with Gasteiger partial charge in [-0.05, 0) is 79.3 Å². The standard InChI is InChI=1S/C32H35N5O6S/c1-5-42-31(39)17-27-22-9-8-20(2)23(15-22)18-36-19-24-16-25(10-13-29(24)43-44(36,40)41)35(4)30(38)7-6-14-37-28-12-11-26(27)21(3)32(28)33-34-37/h8-13,15-16,27H,5-7,14,17-19H2,1-4H3. The Morgan fingerprint density at radius 2 is 1.86 bits per heavy atom. The van der Waals surface area contributed by atoms with Crippen LogP contribution in [0.2, 0.25) is 0 Å². The number of rotatable bonds is 3. The summed E-state index contributed by atoms with van der Waals surface area (Å²) in [6.45, 7) is 6.61. The Morgan fingerprint density at radius 1 is 1.07 bits per heavy atom. The van der Waals surface area contributed by atoms with Crippen molar-refractivity contribution in [2.24, 2.45) is 0 Å². The SMILES string of the molecule is CCOC(=O)CC1c2ccc(C)c(c2)CN2Cc3cc(ccc3OS2(=O)=O)N(C)C(=O)CCCn2nnc3c(C)c1ccc32. The number of ether oxygens (including phenoxy) is 1. The van der Waals surface area contributed by atoms with Crippen LogP contribution in [0.4, 0.5) is 5.69 Å². The first-order chi connectivity index (χ1) is 21.1. The monoisotopic (exact) mass is 617 g/mol. The van der Waals surface area contributed by atoms with Crippen LogP contribution in [0.5, 0.6) is 5.75 Å². The van der Waals surface area contributed by atoms with E-state index in [-0.39, 0.29) is 49.7 Å². The van der Waals surface area contributed by atoms with Gasteiger partial charge >= 0.3 is 16.3 Å². The third kappa shape index (κ3) is 5.55. The number of hydrogen-bond acceptors (Lipinski definition) is 8. The maximum Gasteiger partial charge on any atom is 0.385 e. The molecule has 0 aliphatic carbocycles. The van der Waals surface area contributed by atoms with Gasteiger partial charge in [0.2, 0.25) is 5.91 Å². The van der Waals surface area contributed by atoms with Gasteiger partial charge in [-0.15, -0.1) is 5.10 Å². The van der Waals surface area contributed by atoms with E-state index in [1.54, 1.807) is 37.1 Å². The Kier molecular flexibility index (Phi) is 7.89. The minimum atomic E-state index is -4.08. The van der Waals surface area contributed by atoms with Crippen molar-refractivity contribution in [3.05, 3.63) is 81.9 Å². The molecule has 0 fully saturated rings. The van der Waals surface area contributed by atoms with Gasteiger partial charge < -0.3 is 13.8 Å². The highest BCUT2D eigenvalue weighted by atomic mass is 32.2. The van der Waals surface area contributed by atoms with E-state index in [1.807, 2.05) is 48.9 Å². The molecule has 7 rings (SSSR count). The molecule has 3 aromatic carbocycles. The van der Waals surface area contributed by atoms with Crippen molar-refractivity contribution in [1.29, 1.82) is 0 Å². The zero-order valence-electron chi connectivity index (χ0n) is 25.2. The van der Waals surface area contributed by atoms with E-state index < -0.39 is 10.3 Å². The average molecular weight is 618 g/mol. The molecule has 1 aromatic heterocycles. The van der Waals surface area contributed by atoms with E-state index in [0.29, 0.717) is 30.6 Å². The summed E-state index contributed by atoms with van der Waals surface area (Å²) in [6, 6.07) is 14.9. The van der Waals surface area contributed by atoms with Crippen molar-refractivity contribution in [3.63, 3.8) is 0 Å². The molecule has 0 saturated heterocycles. The predicted octanol–water partition coefficient (Wildman–Crippen LogP) is 4.53. The van der Waals surface area contributed by atoms with Crippen molar-refractivity contribution in [2.45, 2.75) is 65.6 Å². The number of hydrogen-bond donors (Lipinski definition) is 0. The Labute approximate surface area is 256 Å². The summed E-state index contributed by atoms with van der Waals surface area (Å²) in [4.78, 5) is 27.6. The van der Waals surface area contributed by atoms with Crippen LogP contribution in [0.3, 0.4) is 0 Å². The number of anilines is 1. The largest absolute Gasteiger partial charge is 0.466 e. The summed E-state index contributed by atoms with van der Waals surface area (Å²) in [5, 5.41) is 8.87. The second-order valence-electron chi connectivity index (χ2n) is 11.4. The molecule has 0 N–H and O–H groups in total. The number of aromatic nitrogens is 3. The highest BCUT2D eigenvalue weighted by Gasteiger charge is 2.33. The van der Waals surface area contributed by atoms with Crippen molar-refractivity contribution in [2.75, 3.05) is 18.6 Å². The van der Waals surface area contributed by atoms with Crippen LogP contribution in [0, 0.1) is 13.8 Å². The molecule has 4 heterocycles. The molecule has 11 nitrogen and oxygen atoms in total. The first-order valence-corrected chi connectivity index (χ1v) is 16.1. The Hall–Kier alpha value is -4.29. The van der Waals surface area contributed by atoms with Crippen LogP contribution >= 0.6 is 0 Å². The number of fused-ring (bicyclic) bond motifs is 5. The fourth-order valence-corrected chi connectivity index (χ4v) is 7.12. The van der Waals surface area contributed by atoms with E-state index >= 15 is 0 Å². The Bertz CT molecular complexity index is 1890. The molecule has 3 aliphatic rings. The molecule has 4 aromatic rings. The smallest absolute Gasteiger partial charge is 0.385 e. The van der Waals surface area contributed by atoms with E-state index in [2.05, 4.69) is 10.3 Å². The van der Waals surface area contributed by atoms with Crippen LogP contribution in [0.1, 0.15) is 65.5 Å². The number of benzene rings is 3. The molecule has 2 unspecified atom stereocenters. The van der Waals surface area contributed by atoms with Crippen molar-refractivity contribution in [1.82, 2.24) is 19.3 Å². The zero-order valence-corrected chi connectivity index (χ0v) is 26.1. The van der Waals surface area contributed by atoms with E-state index in [9.17, 15) is 18.0 Å². The summed E-state index contributed by atoms with van der Waals surface area (Å²) >= 11 is 0. The summed E-state index contributed by atoms with van der Waals surface area (Å²) in [5.74, 6) is -0.509. The fourth-order valence-electron chi connectivity index (χ4n) is 6.03. The molecule has 44 heavy (non-hydrogen) atoms. The molecule has 0 spiro atoms. The summed E-state index contributed by atoms with van der Waals surface area (Å²) in [7, 11) is -2.36. The van der Waals surface area contributed by atoms with Gasteiger partial charge in [0, 0.05) is 50.3 Å². The fraction of sp³-hybridized carbons (Fsp3) is 0.375. The third-order valence-electron chi connectivity index (χ3n) is 8.58. The maximum atomic E-state index is 13.2. The van der Waals surface area contributed by atoms with Crippen LogP contribution in [-0.4, -0.2) is 53.2 Å². The number of amides is 1. The average Bonchev–Trinajstić information content (AvgIpc) is 3.40. The Morgan fingerprint density at radius 3 is 2.66 bits per heavy atom. The van der Waals surface area contributed by atoms with E-state index in [1.165, 1.54) is 4.31 Å². The molecule has 12 heteroatoms. The zero-order chi connectivity index (χ0) is 31.2. The lowest BCUT2D eigenvalue weighted by atomic mass is 9.84. The molecular formula is C32H35N5O6S. The first-order valence-electron chi connectivity index (χ1n) is 14.7. The van der Waals surface area contributed by atoms with Crippen molar-refractivity contribution >= 4 is 38.9 Å². The quantitative estimate of drug-likeness (QED) is 0.307. The van der Waals surface area contributed by atoms with Gasteiger partial charge in [-0.3, -0.25) is 9.59 Å². The molecule has 9 bridgehead atoms. The van der Waals surface area contributed by atoms with Gasteiger partial charge in [-0.2, -0.15) is 12.7 Å². The van der Waals surface area contributed by atoms with Gasteiger partial charge in [0.05, 0.1) is 18.5 Å². The van der Waals surface area contributed by atoms with Crippen LogP contribution in [-0.2, 0) is 44.3 Å². The lowest BCUT2D eigenvalue weighted by molar-refractivity contribution is -0.143. The van der Waals surface area contributed by atoms with Gasteiger partial charge in [0.25, 0.3) is 0 Å². The van der Waals surface area contributed by atoms with Crippen molar-refractivity contribution < 1.29 is 26.9 Å². The highest BCUT2D eigenvalue weighted by molar-refractivity contribution is 7.84. The number of esters is 1. The molecule has 1 amide bonds. The molecule has 3 aliphatic heterocycles. The second-order valence-corrected chi connectivity index (χ2v) is 12.9. The molecule has 230 valence electrons. The topological polar surface area (TPSA) is 124 Å². The molecular weight excluding hydrogens is 582 g/mol. The lowest BCUT2D eigenvalue weighted by Crippen LogP contribution is -2.37. The highest BCUT2D eigenvalue weighted by Crippen LogP contribution is 2.37. The van der Waals surface area contributed by atoms with Crippen LogP contribution in [0.15, 0.2) is 48.5 Å². The minimum Gasteiger partial charge on any atom is -0.466 e. The van der Waals surface area contributed by atoms with Crippen LogP contribution < -0.4 is 9.08 Å². The Balaban J connectivity index is 1.49. The summed E-state index contributed by atoms with van der Waals surface area (Å²) in [5.41, 5.74) is 7.26. The van der Waals surface area contributed by atoms with Gasteiger partial charge in [0.15, 0.2) is 0 Å². The van der Waals surface area contributed by atoms with Crippen molar-refractivity contribution in [3.8, 4) is 5.75 Å². The minimum absolute atomic E-state index is 0.0684. The van der Waals surface area contributed by atoms with Gasteiger partial charge in [-0.1, -0.05) is 29.5 Å². The number of nitrogens with zero attached hydrogens (tertiary/aromatic N) is 5. The van der Waals surface area contributed by atoms with Crippen LogP contribution in [0.25, 0.3) is 11.0 Å². The van der Waals surface area contributed by atoms with Gasteiger partial charge in [0.1, 0.15) is 11.3 Å². The molecule has 0 saturated carbocycles. The number of carbonyl (C=O) groups is 2. The number of aryl methyl sites for hydroxylation is 3. The van der Waals surface area contributed by atoms with E-state index in [4.69, 9.17) is 8.92 Å². The first kappa shape index (κ1) is 29.8. The second kappa shape index (κ2) is 11.7. The maximum absolute atomic E-state index is 13.2. The summed E-state index contributed by atoms with van der Waals surface area (Å²) < 4.78 is 40.4. The number of carbonyl (C=O) groups excluding carboxylic acids is 2. The normalized spacial score (nSPS) is 19.7. The van der Waals surface area contributed by atoms with E-state index in [0.717, 1.165) is 38.9 Å². The predicted molar refractivity (Wildman–Crippen MR) is 164 cm³/mol.